The summed E-state index contributed by atoms with van der Waals surface area (Å²) < 4.78 is 10.8. The summed E-state index contributed by atoms with van der Waals surface area (Å²) in [6.07, 6.45) is 3.42. The Labute approximate surface area is 202 Å². The fraction of sp³-hybridized carbons (Fsp3) is 0.429. The molecule has 34 heavy (non-hydrogen) atoms. The lowest BCUT2D eigenvalue weighted by Gasteiger charge is -2.27. The molecule has 3 aromatic rings. The number of hydrogen-bond donors (Lipinski definition) is 0. The predicted molar refractivity (Wildman–Crippen MR) is 137 cm³/mol. The quantitative estimate of drug-likeness (QED) is 0.436. The molecule has 0 spiro atoms. The number of hydrogen-bond acceptors (Lipinski definition) is 5. The second-order valence-corrected chi connectivity index (χ2v) is 8.98. The maximum Gasteiger partial charge on any atom is 0.223 e. The highest BCUT2D eigenvalue weighted by Crippen LogP contribution is 2.28. The first-order valence-electron chi connectivity index (χ1n) is 12.1. The first-order valence-corrected chi connectivity index (χ1v) is 12.1. The van der Waals surface area contributed by atoms with Crippen LogP contribution < -0.4 is 9.64 Å². The summed E-state index contributed by atoms with van der Waals surface area (Å²) in [6.45, 7) is 5.69. The first-order chi connectivity index (χ1) is 16.6. The molecule has 1 aromatic heterocycles. The third-order valence-electron chi connectivity index (χ3n) is 6.51. The van der Waals surface area contributed by atoms with Crippen molar-refractivity contribution in [3.63, 3.8) is 0 Å². The Morgan fingerprint density at radius 2 is 1.85 bits per heavy atom. The van der Waals surface area contributed by atoms with E-state index in [9.17, 15) is 4.79 Å². The van der Waals surface area contributed by atoms with Gasteiger partial charge in [-0.15, -0.1) is 0 Å². The zero-order valence-electron chi connectivity index (χ0n) is 20.5. The Balaban J connectivity index is 1.59. The van der Waals surface area contributed by atoms with Gasteiger partial charge in [0.15, 0.2) is 0 Å². The third kappa shape index (κ3) is 5.68. The zero-order chi connectivity index (χ0) is 23.9. The van der Waals surface area contributed by atoms with Crippen LogP contribution >= 0.6 is 0 Å². The van der Waals surface area contributed by atoms with Crippen molar-refractivity contribution in [2.24, 2.45) is 0 Å². The van der Waals surface area contributed by atoms with Crippen LogP contribution in [0.3, 0.4) is 0 Å². The number of amides is 1. The molecular formula is C28H35N3O3. The molecule has 1 aliphatic heterocycles. The van der Waals surface area contributed by atoms with Gasteiger partial charge in [0.05, 0.1) is 19.2 Å². The highest BCUT2D eigenvalue weighted by Gasteiger charge is 2.22. The Kier molecular flexibility index (Phi) is 8.01. The zero-order valence-corrected chi connectivity index (χ0v) is 20.5. The van der Waals surface area contributed by atoms with E-state index in [0.717, 1.165) is 46.7 Å². The average Bonchev–Trinajstić information content (AvgIpc) is 3.39. The minimum Gasteiger partial charge on any atom is -0.496 e. The third-order valence-corrected chi connectivity index (χ3v) is 6.51. The molecule has 6 nitrogen and oxygen atoms in total. The smallest absolute Gasteiger partial charge is 0.223 e. The summed E-state index contributed by atoms with van der Waals surface area (Å²) in [5.74, 6) is 1.94. The van der Waals surface area contributed by atoms with E-state index in [2.05, 4.69) is 36.1 Å². The number of nitrogens with zero attached hydrogens (tertiary/aromatic N) is 3. The Morgan fingerprint density at radius 1 is 1.06 bits per heavy atom. The summed E-state index contributed by atoms with van der Waals surface area (Å²) in [5.41, 5.74) is 4.35. The predicted octanol–water partition coefficient (Wildman–Crippen LogP) is 4.76. The standard InChI is InChI=1S/C28H35N3O3/c1-21-10-12-25-23(18-21)19-24(28(29-25)30-14-6-7-15-30)20-31(16-17-33-2)27(32)13-11-22-8-4-5-9-26(22)34-3/h4-5,8-10,12,18-19H,6-7,11,13-17,20H2,1-3H3. The Bertz CT molecular complexity index is 1130. The molecule has 0 atom stereocenters. The normalized spacial score (nSPS) is 13.4. The number of aromatic nitrogens is 1. The van der Waals surface area contributed by atoms with E-state index < -0.39 is 0 Å². The van der Waals surface area contributed by atoms with Crippen LogP contribution in [0.5, 0.6) is 5.75 Å². The van der Waals surface area contributed by atoms with Gasteiger partial charge in [-0.05, 0) is 56.0 Å². The molecule has 0 N–H and O–H groups in total. The van der Waals surface area contributed by atoms with Crippen molar-refractivity contribution in [3.05, 3.63) is 65.2 Å². The monoisotopic (exact) mass is 461 g/mol. The summed E-state index contributed by atoms with van der Waals surface area (Å²) >= 11 is 0. The molecule has 1 aliphatic rings. The van der Waals surface area contributed by atoms with E-state index >= 15 is 0 Å². The van der Waals surface area contributed by atoms with Crippen molar-refractivity contribution in [2.45, 2.75) is 39.2 Å². The highest BCUT2D eigenvalue weighted by molar-refractivity contribution is 5.83. The number of rotatable bonds is 10. The van der Waals surface area contributed by atoms with Crippen molar-refractivity contribution in [2.75, 3.05) is 45.4 Å². The first kappa shape index (κ1) is 24.0. The number of methoxy groups -OCH3 is 2. The van der Waals surface area contributed by atoms with Gasteiger partial charge < -0.3 is 19.3 Å². The average molecular weight is 462 g/mol. The van der Waals surface area contributed by atoms with E-state index in [1.54, 1.807) is 14.2 Å². The number of carbonyl (C=O) groups excluding carboxylic acids is 1. The van der Waals surface area contributed by atoms with Crippen molar-refractivity contribution in [1.29, 1.82) is 0 Å². The number of anilines is 1. The Morgan fingerprint density at radius 3 is 2.62 bits per heavy atom. The summed E-state index contributed by atoms with van der Waals surface area (Å²) in [7, 11) is 3.34. The lowest BCUT2D eigenvalue weighted by atomic mass is 10.1. The van der Waals surface area contributed by atoms with E-state index in [-0.39, 0.29) is 5.91 Å². The number of pyridine rings is 1. The van der Waals surface area contributed by atoms with E-state index in [4.69, 9.17) is 14.5 Å². The van der Waals surface area contributed by atoms with Gasteiger partial charge in [0.1, 0.15) is 11.6 Å². The van der Waals surface area contributed by atoms with Gasteiger partial charge in [-0.3, -0.25) is 4.79 Å². The molecular weight excluding hydrogens is 426 g/mol. The van der Waals surface area contributed by atoms with Gasteiger partial charge in [0.2, 0.25) is 5.91 Å². The van der Waals surface area contributed by atoms with Gasteiger partial charge >= 0.3 is 0 Å². The topological polar surface area (TPSA) is 54.9 Å². The second-order valence-electron chi connectivity index (χ2n) is 8.98. The van der Waals surface area contributed by atoms with Crippen LogP contribution in [0.1, 0.15) is 36.0 Å². The van der Waals surface area contributed by atoms with Crippen LogP contribution in [0.15, 0.2) is 48.5 Å². The molecule has 1 amide bonds. The number of para-hydroxylation sites is 1. The maximum absolute atomic E-state index is 13.4. The van der Waals surface area contributed by atoms with Crippen molar-refractivity contribution >= 4 is 22.6 Å². The van der Waals surface area contributed by atoms with Crippen LogP contribution in [0.25, 0.3) is 10.9 Å². The fourth-order valence-corrected chi connectivity index (χ4v) is 4.66. The van der Waals surface area contributed by atoms with Gasteiger partial charge in [0, 0.05) is 50.7 Å². The maximum atomic E-state index is 13.4. The van der Waals surface area contributed by atoms with Gasteiger partial charge in [-0.2, -0.15) is 0 Å². The number of benzene rings is 2. The molecule has 180 valence electrons. The van der Waals surface area contributed by atoms with E-state index in [0.29, 0.717) is 32.5 Å². The van der Waals surface area contributed by atoms with Crippen molar-refractivity contribution in [1.82, 2.24) is 9.88 Å². The van der Waals surface area contributed by atoms with E-state index in [1.807, 2.05) is 29.2 Å². The summed E-state index contributed by atoms with van der Waals surface area (Å²) in [4.78, 5) is 22.7. The van der Waals surface area contributed by atoms with Gasteiger partial charge in [-0.1, -0.05) is 29.8 Å². The van der Waals surface area contributed by atoms with Crippen LogP contribution in [-0.4, -0.2) is 56.3 Å². The van der Waals surface area contributed by atoms with Gasteiger partial charge in [-0.25, -0.2) is 4.98 Å². The molecule has 1 fully saturated rings. The summed E-state index contributed by atoms with van der Waals surface area (Å²) in [6, 6.07) is 16.5. The molecule has 0 unspecified atom stereocenters. The van der Waals surface area contributed by atoms with Crippen LogP contribution in [0, 0.1) is 6.92 Å². The van der Waals surface area contributed by atoms with Crippen LogP contribution in [-0.2, 0) is 22.5 Å². The van der Waals surface area contributed by atoms with Crippen molar-refractivity contribution in [3.8, 4) is 5.75 Å². The largest absolute Gasteiger partial charge is 0.496 e. The lowest BCUT2D eigenvalue weighted by molar-refractivity contribution is -0.132. The molecule has 4 rings (SSSR count). The Hall–Kier alpha value is -3.12. The molecule has 0 bridgehead atoms. The van der Waals surface area contributed by atoms with Crippen LogP contribution in [0.2, 0.25) is 0 Å². The minimum absolute atomic E-state index is 0.111. The fourth-order valence-electron chi connectivity index (χ4n) is 4.66. The SMILES string of the molecule is COCCN(Cc1cc2cc(C)ccc2nc1N1CCCC1)C(=O)CCc1ccccc1OC. The number of aryl methyl sites for hydroxylation is 2. The molecule has 6 heteroatoms. The van der Waals surface area contributed by atoms with Crippen LogP contribution in [0.4, 0.5) is 5.82 Å². The number of carbonyl (C=O) groups is 1. The van der Waals surface area contributed by atoms with E-state index in [1.165, 1.54) is 18.4 Å². The molecule has 2 heterocycles. The molecule has 0 radical (unpaired) electrons. The second kappa shape index (κ2) is 11.3. The lowest BCUT2D eigenvalue weighted by Crippen LogP contribution is -2.34. The minimum atomic E-state index is 0.111. The molecule has 2 aromatic carbocycles. The summed E-state index contributed by atoms with van der Waals surface area (Å²) in [5, 5.41) is 1.12. The highest BCUT2D eigenvalue weighted by atomic mass is 16.5. The van der Waals surface area contributed by atoms with Crippen molar-refractivity contribution < 1.29 is 14.3 Å². The number of ether oxygens (including phenoxy) is 2. The number of fused-ring (bicyclic) bond motifs is 1. The molecule has 0 saturated carbocycles. The molecule has 1 saturated heterocycles. The van der Waals surface area contributed by atoms with Gasteiger partial charge in [0.25, 0.3) is 0 Å². The molecule has 0 aliphatic carbocycles.